The Bertz CT molecular complexity index is 435. The van der Waals surface area contributed by atoms with Crippen molar-refractivity contribution in [3.8, 4) is 0 Å². The lowest BCUT2D eigenvalue weighted by atomic mass is 10.1. The molecule has 0 aliphatic carbocycles. The highest BCUT2D eigenvalue weighted by Gasteiger charge is 2.12. The minimum Gasteiger partial charge on any atom is -0.175 e. The van der Waals surface area contributed by atoms with Crippen LogP contribution < -0.4 is 0 Å². The molecule has 1 aromatic carbocycles. The first-order valence-corrected chi connectivity index (χ1v) is 5.68. The van der Waals surface area contributed by atoms with Gasteiger partial charge in [-0.25, -0.2) is 0 Å². The molecule has 0 N–H and O–H groups in total. The van der Waals surface area contributed by atoms with Crippen molar-refractivity contribution in [2.75, 3.05) is 0 Å². The van der Waals surface area contributed by atoms with Crippen LogP contribution in [-0.4, -0.2) is 15.0 Å². The topological polar surface area (TPSA) is 30.7 Å². The molecule has 2 rings (SSSR count). The SMILES string of the molecule is CC(c1ccccc1)n1nc(Cl)c(Br)n1. The molecule has 5 heteroatoms. The van der Waals surface area contributed by atoms with Crippen molar-refractivity contribution in [3.63, 3.8) is 0 Å². The zero-order valence-electron chi connectivity index (χ0n) is 8.06. The van der Waals surface area contributed by atoms with Crippen molar-refractivity contribution in [3.05, 3.63) is 45.7 Å². The summed E-state index contributed by atoms with van der Waals surface area (Å²) in [4.78, 5) is 1.60. The fourth-order valence-electron chi connectivity index (χ4n) is 1.32. The molecule has 78 valence electrons. The number of rotatable bonds is 2. The first kappa shape index (κ1) is 10.6. The van der Waals surface area contributed by atoms with E-state index < -0.39 is 0 Å². The van der Waals surface area contributed by atoms with Crippen molar-refractivity contribution in [1.82, 2.24) is 15.0 Å². The second-order valence-corrected chi connectivity index (χ2v) is 4.30. The lowest BCUT2D eigenvalue weighted by Crippen LogP contribution is -2.09. The molecule has 0 radical (unpaired) electrons. The lowest BCUT2D eigenvalue weighted by Gasteiger charge is -2.09. The van der Waals surface area contributed by atoms with E-state index in [-0.39, 0.29) is 6.04 Å². The molecule has 15 heavy (non-hydrogen) atoms. The van der Waals surface area contributed by atoms with Gasteiger partial charge in [0.25, 0.3) is 0 Å². The van der Waals surface area contributed by atoms with Crippen LogP contribution >= 0.6 is 27.5 Å². The summed E-state index contributed by atoms with van der Waals surface area (Å²) in [6.07, 6.45) is 0. The molecule has 2 aromatic rings. The van der Waals surface area contributed by atoms with Gasteiger partial charge in [0.2, 0.25) is 0 Å². The van der Waals surface area contributed by atoms with E-state index in [0.29, 0.717) is 9.76 Å². The van der Waals surface area contributed by atoms with Crippen LogP contribution in [0.15, 0.2) is 34.9 Å². The molecule has 0 fully saturated rings. The third kappa shape index (κ3) is 2.21. The van der Waals surface area contributed by atoms with Gasteiger partial charge >= 0.3 is 0 Å². The molecule has 1 heterocycles. The van der Waals surface area contributed by atoms with Gasteiger partial charge < -0.3 is 0 Å². The molecular formula is C10H9BrClN3. The lowest BCUT2D eigenvalue weighted by molar-refractivity contribution is 0.491. The average Bonchev–Trinajstić information content (AvgIpc) is 2.59. The maximum absolute atomic E-state index is 5.82. The molecule has 0 aliphatic rings. The Labute approximate surface area is 101 Å². The van der Waals surface area contributed by atoms with Crippen LogP contribution in [0.25, 0.3) is 0 Å². The molecule has 1 unspecified atom stereocenters. The van der Waals surface area contributed by atoms with E-state index in [1.165, 1.54) is 0 Å². The Morgan fingerprint density at radius 1 is 1.27 bits per heavy atom. The van der Waals surface area contributed by atoms with Crippen molar-refractivity contribution >= 4 is 27.5 Å². The first-order chi connectivity index (χ1) is 7.18. The van der Waals surface area contributed by atoms with Crippen LogP contribution in [0, 0.1) is 0 Å². The predicted molar refractivity (Wildman–Crippen MR) is 63.0 cm³/mol. The summed E-state index contributed by atoms with van der Waals surface area (Å²) in [6.45, 7) is 2.03. The van der Waals surface area contributed by atoms with E-state index in [1.54, 1.807) is 4.80 Å². The maximum atomic E-state index is 5.82. The van der Waals surface area contributed by atoms with E-state index in [0.717, 1.165) is 5.56 Å². The second-order valence-electron chi connectivity index (χ2n) is 3.19. The van der Waals surface area contributed by atoms with Crippen molar-refractivity contribution < 1.29 is 0 Å². The van der Waals surface area contributed by atoms with E-state index in [1.807, 2.05) is 37.3 Å². The highest BCUT2D eigenvalue weighted by atomic mass is 79.9. The number of aromatic nitrogens is 3. The average molecular weight is 287 g/mol. The van der Waals surface area contributed by atoms with Gasteiger partial charge in [0.1, 0.15) is 0 Å². The largest absolute Gasteiger partial charge is 0.185 e. The van der Waals surface area contributed by atoms with Gasteiger partial charge in [-0.3, -0.25) is 0 Å². The van der Waals surface area contributed by atoms with E-state index in [2.05, 4.69) is 26.1 Å². The summed E-state index contributed by atoms with van der Waals surface area (Å²) in [7, 11) is 0. The Morgan fingerprint density at radius 2 is 1.93 bits per heavy atom. The van der Waals surface area contributed by atoms with Crippen LogP contribution in [0.4, 0.5) is 0 Å². The van der Waals surface area contributed by atoms with Crippen LogP contribution in [0.3, 0.4) is 0 Å². The van der Waals surface area contributed by atoms with E-state index in [4.69, 9.17) is 11.6 Å². The predicted octanol–water partition coefficient (Wildman–Crippen LogP) is 3.30. The highest BCUT2D eigenvalue weighted by molar-refractivity contribution is 9.10. The number of nitrogens with zero attached hydrogens (tertiary/aromatic N) is 3. The van der Waals surface area contributed by atoms with Crippen LogP contribution in [0.2, 0.25) is 5.15 Å². The van der Waals surface area contributed by atoms with Gasteiger partial charge in [-0.2, -0.15) is 4.80 Å². The van der Waals surface area contributed by atoms with Gasteiger partial charge in [0.05, 0.1) is 6.04 Å². The van der Waals surface area contributed by atoms with Crippen molar-refractivity contribution in [2.45, 2.75) is 13.0 Å². The van der Waals surface area contributed by atoms with Crippen LogP contribution in [0.1, 0.15) is 18.5 Å². The van der Waals surface area contributed by atoms with Gasteiger partial charge in [-0.05, 0) is 28.4 Å². The van der Waals surface area contributed by atoms with Crippen molar-refractivity contribution in [2.24, 2.45) is 0 Å². The Hall–Kier alpha value is -0.870. The monoisotopic (exact) mass is 285 g/mol. The molecule has 0 aliphatic heterocycles. The minimum absolute atomic E-state index is 0.0787. The van der Waals surface area contributed by atoms with Crippen molar-refractivity contribution in [1.29, 1.82) is 0 Å². The second kappa shape index (κ2) is 4.33. The van der Waals surface area contributed by atoms with Gasteiger partial charge in [-0.15, -0.1) is 10.2 Å². The number of hydrogen-bond donors (Lipinski definition) is 0. The fourth-order valence-corrected chi connectivity index (χ4v) is 1.68. The molecule has 1 atom stereocenters. The molecule has 3 nitrogen and oxygen atoms in total. The number of halogens is 2. The standard InChI is InChI=1S/C10H9BrClN3/c1-7(8-5-3-2-4-6-8)15-13-9(11)10(12)14-15/h2-7H,1H3. The van der Waals surface area contributed by atoms with Crippen LogP contribution in [-0.2, 0) is 0 Å². The zero-order valence-corrected chi connectivity index (χ0v) is 10.4. The summed E-state index contributed by atoms with van der Waals surface area (Å²) < 4.78 is 0.576. The summed E-state index contributed by atoms with van der Waals surface area (Å²) in [5, 5.41) is 8.67. The zero-order chi connectivity index (χ0) is 10.8. The molecule has 1 aromatic heterocycles. The fraction of sp³-hybridized carbons (Fsp3) is 0.200. The number of hydrogen-bond acceptors (Lipinski definition) is 2. The summed E-state index contributed by atoms with van der Waals surface area (Å²) in [5.74, 6) is 0. The van der Waals surface area contributed by atoms with Gasteiger partial charge in [0.15, 0.2) is 9.76 Å². The molecule has 0 bridgehead atoms. The normalized spacial score (nSPS) is 12.7. The molecule has 0 amide bonds. The molecule has 0 spiro atoms. The Kier molecular flexibility index (Phi) is 3.07. The quantitative estimate of drug-likeness (QED) is 0.848. The van der Waals surface area contributed by atoms with Gasteiger partial charge in [0, 0.05) is 0 Å². The first-order valence-electron chi connectivity index (χ1n) is 4.51. The summed E-state index contributed by atoms with van der Waals surface area (Å²) in [5.41, 5.74) is 1.15. The third-order valence-electron chi connectivity index (χ3n) is 2.18. The minimum atomic E-state index is 0.0787. The summed E-state index contributed by atoms with van der Waals surface area (Å²) in [6, 6.07) is 10.1. The smallest absolute Gasteiger partial charge is 0.175 e. The Morgan fingerprint density at radius 3 is 2.47 bits per heavy atom. The molecule has 0 saturated heterocycles. The highest BCUT2D eigenvalue weighted by Crippen LogP contribution is 2.21. The van der Waals surface area contributed by atoms with Crippen LogP contribution in [0.5, 0.6) is 0 Å². The number of benzene rings is 1. The molecular weight excluding hydrogens is 277 g/mol. The van der Waals surface area contributed by atoms with Gasteiger partial charge in [-0.1, -0.05) is 41.9 Å². The van der Waals surface area contributed by atoms with E-state index in [9.17, 15) is 0 Å². The van der Waals surface area contributed by atoms with E-state index >= 15 is 0 Å². The molecule has 0 saturated carbocycles. The maximum Gasteiger partial charge on any atom is 0.185 e. The Balaban J connectivity index is 2.32. The third-order valence-corrected chi connectivity index (χ3v) is 3.20. The summed E-state index contributed by atoms with van der Waals surface area (Å²) >= 11 is 9.05.